The van der Waals surface area contributed by atoms with Crippen molar-refractivity contribution in [3.05, 3.63) is 24.3 Å². The predicted molar refractivity (Wildman–Crippen MR) is 87.7 cm³/mol. The van der Waals surface area contributed by atoms with E-state index < -0.39 is 5.97 Å². The minimum absolute atomic E-state index is 0.177. The van der Waals surface area contributed by atoms with Gasteiger partial charge < -0.3 is 14.8 Å². The zero-order chi connectivity index (χ0) is 17.5. The van der Waals surface area contributed by atoms with Crippen LogP contribution >= 0.6 is 0 Å². The average Bonchev–Trinajstić information content (AvgIpc) is 2.71. The second-order valence-electron chi connectivity index (χ2n) is 5.90. The summed E-state index contributed by atoms with van der Waals surface area (Å²) in [6, 6.07) is 7.01. The van der Waals surface area contributed by atoms with Crippen molar-refractivity contribution in [3.63, 3.8) is 0 Å². The minimum atomic E-state index is -0.639. The van der Waals surface area contributed by atoms with Crippen LogP contribution < -0.4 is 15.0 Å². The Labute approximate surface area is 140 Å². The summed E-state index contributed by atoms with van der Waals surface area (Å²) in [5.41, 5.74) is 0.529. The lowest BCUT2D eigenvalue weighted by molar-refractivity contribution is -0.147. The first kappa shape index (κ1) is 17.8. The second kappa shape index (κ2) is 8.33. The highest BCUT2D eigenvalue weighted by Crippen LogP contribution is 2.30. The summed E-state index contributed by atoms with van der Waals surface area (Å²) in [6.07, 6.45) is 0.177. The van der Waals surface area contributed by atoms with Crippen LogP contribution in [0.5, 0.6) is 5.75 Å². The molecule has 0 aromatic heterocycles. The highest BCUT2D eigenvalue weighted by molar-refractivity contribution is 5.99. The lowest BCUT2D eigenvalue weighted by Gasteiger charge is -2.20. The number of anilines is 1. The smallest absolute Gasteiger partial charge is 0.326 e. The Morgan fingerprint density at radius 1 is 1.33 bits per heavy atom. The van der Waals surface area contributed by atoms with Gasteiger partial charge in [0.1, 0.15) is 12.3 Å². The Bertz CT molecular complexity index is 615. The van der Waals surface area contributed by atoms with Gasteiger partial charge in [0.15, 0.2) is 6.61 Å². The van der Waals surface area contributed by atoms with E-state index in [0.29, 0.717) is 23.9 Å². The van der Waals surface area contributed by atoms with E-state index in [4.69, 9.17) is 9.47 Å². The van der Waals surface area contributed by atoms with Crippen molar-refractivity contribution in [1.29, 1.82) is 0 Å². The number of carbonyl (C=O) groups excluding carboxylic acids is 3. The van der Waals surface area contributed by atoms with Crippen LogP contribution in [0.25, 0.3) is 0 Å². The molecule has 0 bridgehead atoms. The van der Waals surface area contributed by atoms with Gasteiger partial charge in [-0.25, -0.2) is 0 Å². The summed E-state index contributed by atoms with van der Waals surface area (Å²) in [5, 5.41) is 2.66. The van der Waals surface area contributed by atoms with Crippen molar-refractivity contribution >= 4 is 23.5 Å². The van der Waals surface area contributed by atoms with Gasteiger partial charge >= 0.3 is 5.97 Å². The largest absolute Gasteiger partial charge is 0.491 e. The number of hydrogen-bond acceptors (Lipinski definition) is 5. The Morgan fingerprint density at radius 2 is 2.08 bits per heavy atom. The number of nitrogens with zero attached hydrogens (tertiary/aromatic N) is 1. The SMILES string of the molecule is CC(C)CNC(=O)COC(=O)CN1C(=O)CCOc2ccccc21. The molecule has 1 aliphatic heterocycles. The minimum Gasteiger partial charge on any atom is -0.491 e. The number of esters is 1. The van der Waals surface area contributed by atoms with Crippen LogP contribution in [-0.2, 0) is 19.1 Å². The number of nitrogens with one attached hydrogen (secondary N) is 1. The molecule has 0 fully saturated rings. The summed E-state index contributed by atoms with van der Waals surface area (Å²) in [6.45, 7) is 4.11. The molecule has 2 amide bonds. The van der Waals surface area contributed by atoms with Crippen molar-refractivity contribution in [2.75, 3.05) is 31.2 Å². The molecule has 24 heavy (non-hydrogen) atoms. The fourth-order valence-corrected chi connectivity index (χ4v) is 2.18. The first-order valence-electron chi connectivity index (χ1n) is 7.92. The number of hydrogen-bond donors (Lipinski definition) is 1. The molecule has 0 radical (unpaired) electrons. The van der Waals surface area contributed by atoms with Crippen LogP contribution in [0.2, 0.25) is 0 Å². The lowest BCUT2D eigenvalue weighted by Crippen LogP contribution is -2.38. The summed E-state index contributed by atoms with van der Waals surface area (Å²) in [7, 11) is 0. The third kappa shape index (κ3) is 4.97. The van der Waals surface area contributed by atoms with Gasteiger partial charge in [0.25, 0.3) is 5.91 Å². The summed E-state index contributed by atoms with van der Waals surface area (Å²) < 4.78 is 10.5. The monoisotopic (exact) mass is 334 g/mol. The van der Waals surface area contributed by atoms with Crippen LogP contribution in [0.15, 0.2) is 24.3 Å². The van der Waals surface area contributed by atoms with E-state index in [-0.39, 0.29) is 38.0 Å². The van der Waals surface area contributed by atoms with E-state index in [1.165, 1.54) is 4.90 Å². The Hall–Kier alpha value is -2.57. The molecule has 0 spiro atoms. The lowest BCUT2D eigenvalue weighted by atomic mass is 10.2. The van der Waals surface area contributed by atoms with Gasteiger partial charge in [-0.15, -0.1) is 0 Å². The maximum Gasteiger partial charge on any atom is 0.326 e. The first-order chi connectivity index (χ1) is 11.5. The number of amides is 2. The zero-order valence-corrected chi connectivity index (χ0v) is 13.9. The Morgan fingerprint density at radius 3 is 2.83 bits per heavy atom. The van der Waals surface area contributed by atoms with E-state index >= 15 is 0 Å². The zero-order valence-electron chi connectivity index (χ0n) is 13.9. The second-order valence-corrected chi connectivity index (χ2v) is 5.90. The van der Waals surface area contributed by atoms with Gasteiger partial charge in [0, 0.05) is 6.54 Å². The molecular weight excluding hydrogens is 312 g/mol. The number of fused-ring (bicyclic) bond motifs is 1. The molecule has 7 heteroatoms. The van der Waals surface area contributed by atoms with Gasteiger partial charge in [-0.05, 0) is 18.1 Å². The summed E-state index contributed by atoms with van der Waals surface area (Å²) in [4.78, 5) is 37.1. The van der Waals surface area contributed by atoms with Crippen LogP contribution in [0.4, 0.5) is 5.69 Å². The maximum atomic E-state index is 12.2. The topological polar surface area (TPSA) is 84.9 Å². The van der Waals surface area contributed by atoms with Crippen molar-refractivity contribution in [2.45, 2.75) is 20.3 Å². The van der Waals surface area contributed by atoms with Gasteiger partial charge in [0.05, 0.1) is 18.7 Å². The van der Waals surface area contributed by atoms with Crippen LogP contribution in [0, 0.1) is 5.92 Å². The van der Waals surface area contributed by atoms with Gasteiger partial charge in [0.2, 0.25) is 5.91 Å². The number of rotatable bonds is 6. The number of benzene rings is 1. The fraction of sp³-hybridized carbons (Fsp3) is 0.471. The van der Waals surface area contributed by atoms with Gasteiger partial charge in [-0.3, -0.25) is 19.3 Å². The van der Waals surface area contributed by atoms with Crippen molar-refractivity contribution in [1.82, 2.24) is 5.32 Å². The quantitative estimate of drug-likeness (QED) is 0.788. The molecule has 0 aliphatic carbocycles. The molecule has 2 rings (SSSR count). The van der Waals surface area contributed by atoms with Crippen molar-refractivity contribution in [2.24, 2.45) is 5.92 Å². The third-order valence-electron chi connectivity index (χ3n) is 3.39. The van der Waals surface area contributed by atoms with E-state index in [9.17, 15) is 14.4 Å². The molecule has 130 valence electrons. The van der Waals surface area contributed by atoms with Crippen LogP contribution in [0.3, 0.4) is 0 Å². The molecular formula is C17H22N2O5. The molecule has 0 unspecified atom stereocenters. The molecule has 1 aromatic rings. The Balaban J connectivity index is 1.93. The van der Waals surface area contributed by atoms with Crippen LogP contribution in [-0.4, -0.2) is 44.1 Å². The third-order valence-corrected chi connectivity index (χ3v) is 3.39. The molecule has 0 atom stereocenters. The molecule has 1 aromatic carbocycles. The highest BCUT2D eigenvalue weighted by atomic mass is 16.5. The normalized spacial score (nSPS) is 13.8. The summed E-state index contributed by atoms with van der Waals surface area (Å²) in [5.74, 6) is -0.356. The average molecular weight is 334 g/mol. The molecule has 7 nitrogen and oxygen atoms in total. The molecule has 1 aliphatic rings. The van der Waals surface area contributed by atoms with Crippen molar-refractivity contribution in [3.8, 4) is 5.75 Å². The van der Waals surface area contributed by atoms with Crippen molar-refractivity contribution < 1.29 is 23.9 Å². The van der Waals surface area contributed by atoms with E-state index in [2.05, 4.69) is 5.32 Å². The van der Waals surface area contributed by atoms with Gasteiger partial charge in [-0.1, -0.05) is 26.0 Å². The van der Waals surface area contributed by atoms with E-state index in [1.54, 1.807) is 24.3 Å². The Kier molecular flexibility index (Phi) is 6.17. The molecule has 1 heterocycles. The number of ether oxygens (including phenoxy) is 2. The van der Waals surface area contributed by atoms with E-state index in [0.717, 1.165) is 0 Å². The highest BCUT2D eigenvalue weighted by Gasteiger charge is 2.25. The summed E-state index contributed by atoms with van der Waals surface area (Å²) >= 11 is 0. The molecule has 0 saturated carbocycles. The number of carbonyl (C=O) groups is 3. The fourth-order valence-electron chi connectivity index (χ4n) is 2.18. The maximum absolute atomic E-state index is 12.2. The standard InChI is InChI=1S/C17H22N2O5/c1-12(2)9-18-15(20)11-24-17(22)10-19-13-5-3-4-6-14(13)23-8-7-16(19)21/h3-6,12H,7-11H2,1-2H3,(H,18,20). The van der Waals surface area contributed by atoms with Crippen LogP contribution in [0.1, 0.15) is 20.3 Å². The van der Waals surface area contributed by atoms with Gasteiger partial charge in [-0.2, -0.15) is 0 Å². The van der Waals surface area contributed by atoms with E-state index in [1.807, 2.05) is 13.8 Å². The molecule has 1 N–H and O–H groups in total. The molecule has 0 saturated heterocycles. The predicted octanol–water partition coefficient (Wildman–Crippen LogP) is 1.12. The number of para-hydroxylation sites is 2. The first-order valence-corrected chi connectivity index (χ1v) is 7.92.